The van der Waals surface area contributed by atoms with Crippen molar-refractivity contribution in [3.8, 4) is 11.5 Å². The molecule has 3 rings (SSSR count). The Labute approximate surface area is 114 Å². The largest absolute Gasteiger partial charge is 0.524 e. The summed E-state index contributed by atoms with van der Waals surface area (Å²) in [7, 11) is 0. The zero-order valence-electron chi connectivity index (χ0n) is 10.4. The molecule has 0 aliphatic carbocycles. The fraction of sp³-hybridized carbons (Fsp3) is 0.0667. The summed E-state index contributed by atoms with van der Waals surface area (Å²) in [6, 6.07) is 14.1. The summed E-state index contributed by atoms with van der Waals surface area (Å²) in [5.41, 5.74) is 1.60. The van der Waals surface area contributed by atoms with Crippen molar-refractivity contribution < 1.29 is 23.8 Å². The Hall–Kier alpha value is -2.82. The minimum absolute atomic E-state index is 0.363. The molecule has 5 heteroatoms. The van der Waals surface area contributed by atoms with Gasteiger partial charge in [-0.05, 0) is 23.3 Å². The molecule has 0 radical (unpaired) electrons. The average molecular weight is 270 g/mol. The van der Waals surface area contributed by atoms with Gasteiger partial charge >= 0.3 is 12.3 Å². The maximum atomic E-state index is 11.4. The minimum atomic E-state index is -1.11. The van der Waals surface area contributed by atoms with E-state index in [0.29, 0.717) is 17.9 Å². The van der Waals surface area contributed by atoms with Crippen LogP contribution in [0.15, 0.2) is 48.5 Å². The summed E-state index contributed by atoms with van der Waals surface area (Å²) in [5, 5.41) is 0. The zero-order chi connectivity index (χ0) is 13.9. The summed E-state index contributed by atoms with van der Waals surface area (Å²) in [6.45, 7) is 0. The number of cyclic esters (lactones) is 2. The predicted octanol–water partition coefficient (Wildman–Crippen LogP) is 3.31. The standard InChI is InChI=1S/C15H10O5/c16-14-18-12-7-3-1-5-10(12)9-11-6-2-4-8-13(11)19-15(17)20-14/h1-8H,9H2. The van der Waals surface area contributed by atoms with E-state index in [2.05, 4.69) is 4.74 Å². The molecule has 1 aliphatic heterocycles. The maximum Gasteiger partial charge on any atom is 0.524 e. The summed E-state index contributed by atoms with van der Waals surface area (Å²) in [5.74, 6) is 0.726. The number of carbonyl (C=O) groups excluding carboxylic acids is 2. The molecule has 1 heterocycles. The number of fused-ring (bicyclic) bond motifs is 2. The number of rotatable bonds is 0. The summed E-state index contributed by atoms with van der Waals surface area (Å²) in [6.07, 6.45) is -1.74. The van der Waals surface area contributed by atoms with Crippen molar-refractivity contribution in [2.45, 2.75) is 6.42 Å². The van der Waals surface area contributed by atoms with E-state index in [9.17, 15) is 9.59 Å². The van der Waals surface area contributed by atoms with Crippen LogP contribution in [-0.4, -0.2) is 12.3 Å². The highest BCUT2D eigenvalue weighted by molar-refractivity contribution is 5.80. The van der Waals surface area contributed by atoms with Crippen LogP contribution < -0.4 is 9.47 Å². The fourth-order valence-electron chi connectivity index (χ4n) is 1.99. The normalized spacial score (nSPS) is 14.2. The van der Waals surface area contributed by atoms with Crippen molar-refractivity contribution in [1.82, 2.24) is 0 Å². The molecule has 100 valence electrons. The Morgan fingerprint density at radius 2 is 1.10 bits per heavy atom. The first-order valence-electron chi connectivity index (χ1n) is 5.99. The zero-order valence-corrected chi connectivity index (χ0v) is 10.4. The first kappa shape index (κ1) is 12.2. The van der Waals surface area contributed by atoms with Gasteiger partial charge in [0, 0.05) is 6.42 Å². The number of carbonyl (C=O) groups is 2. The molecule has 0 N–H and O–H groups in total. The van der Waals surface area contributed by atoms with Gasteiger partial charge in [-0.1, -0.05) is 36.4 Å². The molecule has 5 nitrogen and oxygen atoms in total. The van der Waals surface area contributed by atoms with Crippen LogP contribution in [0.4, 0.5) is 9.59 Å². The topological polar surface area (TPSA) is 61.8 Å². The van der Waals surface area contributed by atoms with E-state index >= 15 is 0 Å². The van der Waals surface area contributed by atoms with Gasteiger partial charge in [0.25, 0.3) is 0 Å². The number of para-hydroxylation sites is 2. The van der Waals surface area contributed by atoms with Gasteiger partial charge in [-0.3, -0.25) is 0 Å². The number of hydrogen-bond donors (Lipinski definition) is 0. The van der Waals surface area contributed by atoms with Gasteiger partial charge in [0.1, 0.15) is 11.5 Å². The highest BCUT2D eigenvalue weighted by Crippen LogP contribution is 2.28. The summed E-state index contributed by atoms with van der Waals surface area (Å²) < 4.78 is 14.4. The van der Waals surface area contributed by atoms with Crippen molar-refractivity contribution in [3.05, 3.63) is 59.7 Å². The molecule has 0 spiro atoms. The molecule has 0 aromatic heterocycles. The molecule has 2 aromatic rings. The molecule has 0 saturated heterocycles. The SMILES string of the molecule is O=C1OC(=O)Oc2ccccc2Cc2ccccc2O1. The van der Waals surface area contributed by atoms with Crippen molar-refractivity contribution in [2.75, 3.05) is 0 Å². The van der Waals surface area contributed by atoms with Gasteiger partial charge in [-0.25, -0.2) is 9.59 Å². The van der Waals surface area contributed by atoms with Crippen LogP contribution in [0.5, 0.6) is 11.5 Å². The lowest BCUT2D eigenvalue weighted by Crippen LogP contribution is -2.21. The van der Waals surface area contributed by atoms with Crippen LogP contribution in [0.2, 0.25) is 0 Å². The third-order valence-corrected chi connectivity index (χ3v) is 2.88. The maximum absolute atomic E-state index is 11.4. The van der Waals surface area contributed by atoms with Crippen molar-refractivity contribution in [2.24, 2.45) is 0 Å². The van der Waals surface area contributed by atoms with Crippen LogP contribution in [0.25, 0.3) is 0 Å². The third-order valence-electron chi connectivity index (χ3n) is 2.88. The quantitative estimate of drug-likeness (QED) is 0.417. The molecule has 0 fully saturated rings. The van der Waals surface area contributed by atoms with Crippen LogP contribution in [-0.2, 0) is 11.2 Å². The van der Waals surface area contributed by atoms with Gasteiger partial charge in [0.05, 0.1) is 0 Å². The van der Waals surface area contributed by atoms with Crippen LogP contribution in [0.1, 0.15) is 11.1 Å². The second kappa shape index (κ2) is 5.05. The second-order valence-corrected chi connectivity index (χ2v) is 4.20. The minimum Gasteiger partial charge on any atom is -0.394 e. The molecule has 20 heavy (non-hydrogen) atoms. The van der Waals surface area contributed by atoms with Gasteiger partial charge in [0.2, 0.25) is 0 Å². The fourth-order valence-corrected chi connectivity index (χ4v) is 1.99. The van der Waals surface area contributed by atoms with Crippen LogP contribution in [0.3, 0.4) is 0 Å². The van der Waals surface area contributed by atoms with E-state index in [-0.39, 0.29) is 0 Å². The lowest BCUT2D eigenvalue weighted by Gasteiger charge is -2.14. The summed E-state index contributed by atoms with van der Waals surface area (Å²) >= 11 is 0. The highest BCUT2D eigenvalue weighted by Gasteiger charge is 2.20. The van der Waals surface area contributed by atoms with E-state index in [1.165, 1.54) is 0 Å². The van der Waals surface area contributed by atoms with Crippen molar-refractivity contribution in [1.29, 1.82) is 0 Å². The smallest absolute Gasteiger partial charge is 0.394 e. The van der Waals surface area contributed by atoms with Crippen LogP contribution in [0, 0.1) is 0 Å². The first-order chi connectivity index (χ1) is 9.72. The Kier molecular flexibility index (Phi) is 3.09. The molecule has 0 amide bonds. The monoisotopic (exact) mass is 270 g/mol. The molecule has 2 aromatic carbocycles. The molecular weight excluding hydrogens is 260 g/mol. The van der Waals surface area contributed by atoms with Gasteiger partial charge in [-0.15, -0.1) is 0 Å². The van der Waals surface area contributed by atoms with E-state index in [1.54, 1.807) is 24.3 Å². The van der Waals surface area contributed by atoms with Gasteiger partial charge < -0.3 is 14.2 Å². The van der Waals surface area contributed by atoms with E-state index in [4.69, 9.17) is 9.47 Å². The lowest BCUT2D eigenvalue weighted by atomic mass is 10.0. The molecule has 0 bridgehead atoms. The lowest BCUT2D eigenvalue weighted by molar-refractivity contribution is 0.0886. The van der Waals surface area contributed by atoms with Crippen LogP contribution >= 0.6 is 0 Å². The second-order valence-electron chi connectivity index (χ2n) is 4.20. The van der Waals surface area contributed by atoms with E-state index in [1.807, 2.05) is 24.3 Å². The molecule has 0 unspecified atom stereocenters. The Bertz CT molecular complexity index is 620. The predicted molar refractivity (Wildman–Crippen MR) is 68.8 cm³/mol. The highest BCUT2D eigenvalue weighted by atomic mass is 16.8. The van der Waals surface area contributed by atoms with Gasteiger partial charge in [0.15, 0.2) is 0 Å². The average Bonchev–Trinajstić information content (AvgIpc) is 2.42. The number of benzene rings is 2. The van der Waals surface area contributed by atoms with Gasteiger partial charge in [-0.2, -0.15) is 0 Å². The van der Waals surface area contributed by atoms with Crippen molar-refractivity contribution >= 4 is 12.3 Å². The molecule has 0 saturated carbocycles. The van der Waals surface area contributed by atoms with E-state index in [0.717, 1.165) is 11.1 Å². The third kappa shape index (κ3) is 2.47. The van der Waals surface area contributed by atoms with Crippen molar-refractivity contribution in [3.63, 3.8) is 0 Å². The Balaban J connectivity index is 2.08. The molecular formula is C15H10O5. The molecule has 0 atom stereocenters. The van der Waals surface area contributed by atoms with E-state index < -0.39 is 12.3 Å². The Morgan fingerprint density at radius 1 is 0.650 bits per heavy atom. The number of ether oxygens (including phenoxy) is 3. The Morgan fingerprint density at radius 3 is 1.60 bits per heavy atom. The summed E-state index contributed by atoms with van der Waals surface area (Å²) in [4.78, 5) is 22.9. The first-order valence-corrected chi connectivity index (χ1v) is 5.99. The number of hydrogen-bond acceptors (Lipinski definition) is 5. The molecule has 1 aliphatic rings.